The quantitative estimate of drug-likeness (QED) is 0.172. The van der Waals surface area contributed by atoms with Gasteiger partial charge in [0.05, 0.1) is 18.9 Å². The molecule has 0 aromatic carbocycles. The van der Waals surface area contributed by atoms with E-state index in [2.05, 4.69) is 5.16 Å². The highest BCUT2D eigenvalue weighted by molar-refractivity contribution is 5.85. The second kappa shape index (κ2) is 7.92. The maximum Gasteiger partial charge on any atom is 0.110 e. The molecule has 0 aromatic heterocycles. The van der Waals surface area contributed by atoms with Gasteiger partial charge in [0.15, 0.2) is 0 Å². The van der Waals surface area contributed by atoms with Crippen LogP contribution in [0.3, 0.4) is 0 Å². The third-order valence-electron chi connectivity index (χ3n) is 1.56. The Hall–Kier alpha value is -0.440. The van der Waals surface area contributed by atoms with Crippen molar-refractivity contribution in [2.24, 2.45) is 10.9 Å². The van der Waals surface area contributed by atoms with Crippen LogP contribution in [-0.4, -0.2) is 62.8 Å². The van der Waals surface area contributed by atoms with Crippen LogP contribution in [0.15, 0.2) is 5.16 Å². The average Bonchev–Trinajstić information content (AvgIpc) is 2.14. The summed E-state index contributed by atoms with van der Waals surface area (Å²) in [5.41, 5.74) is 5.21. The Morgan fingerprint density at radius 3 is 2.07 bits per heavy atom. The van der Waals surface area contributed by atoms with Gasteiger partial charge in [-0.25, -0.2) is 0 Å². The van der Waals surface area contributed by atoms with Crippen LogP contribution in [0.25, 0.3) is 0 Å². The largest absolute Gasteiger partial charge is 0.411 e. The van der Waals surface area contributed by atoms with Gasteiger partial charge in [0.25, 0.3) is 0 Å². The van der Waals surface area contributed by atoms with Crippen molar-refractivity contribution in [2.75, 3.05) is 6.61 Å². The first-order valence-electron chi connectivity index (χ1n) is 3.62. The first-order chi connectivity index (χ1) is 6.04. The van der Waals surface area contributed by atoms with Gasteiger partial charge in [0, 0.05) is 0 Å². The molecule has 0 bridgehead atoms. The zero-order valence-corrected chi connectivity index (χ0v) is 8.08. The fourth-order valence-electron chi connectivity index (χ4n) is 0.728. The molecule has 7 nitrogen and oxygen atoms in total. The lowest BCUT2D eigenvalue weighted by atomic mass is 10.0. The first-order valence-corrected chi connectivity index (χ1v) is 3.62. The third kappa shape index (κ3) is 4.70. The molecule has 86 valence electrons. The number of nitrogens with two attached hydrogens (primary N) is 1. The van der Waals surface area contributed by atoms with Gasteiger partial charge in [-0.2, -0.15) is 0 Å². The summed E-state index contributed by atoms with van der Waals surface area (Å²) in [6, 6.07) is -1.11. The van der Waals surface area contributed by atoms with Gasteiger partial charge in [0.2, 0.25) is 0 Å². The molecular formula is C6H15ClN2O5. The predicted molar refractivity (Wildman–Crippen MR) is 50.6 cm³/mol. The third-order valence-corrected chi connectivity index (χ3v) is 1.56. The monoisotopic (exact) mass is 230 g/mol. The molecule has 4 atom stereocenters. The number of aliphatic hydroxyl groups excluding tert-OH is 4. The molecule has 0 amide bonds. The van der Waals surface area contributed by atoms with Crippen LogP contribution in [0.4, 0.5) is 0 Å². The maximum atomic E-state index is 9.17. The molecule has 0 aliphatic carbocycles. The van der Waals surface area contributed by atoms with Gasteiger partial charge >= 0.3 is 0 Å². The molecule has 14 heavy (non-hydrogen) atoms. The van der Waals surface area contributed by atoms with Crippen LogP contribution >= 0.6 is 12.4 Å². The minimum atomic E-state index is -1.59. The van der Waals surface area contributed by atoms with Crippen molar-refractivity contribution in [1.29, 1.82) is 0 Å². The SMILES string of the molecule is Cl.N[C@@H](/C=N/O)[C@@H](O)[C@H](O)[C@H](O)CO. The molecule has 0 aromatic rings. The Morgan fingerprint density at radius 2 is 1.71 bits per heavy atom. The van der Waals surface area contributed by atoms with Crippen LogP contribution in [0.2, 0.25) is 0 Å². The average molecular weight is 231 g/mol. The minimum absolute atomic E-state index is 0. The van der Waals surface area contributed by atoms with Gasteiger partial charge in [-0.1, -0.05) is 0 Å². The van der Waals surface area contributed by atoms with Crippen LogP contribution in [0.5, 0.6) is 0 Å². The topological polar surface area (TPSA) is 140 Å². The summed E-state index contributed by atoms with van der Waals surface area (Å²) in [5, 5.41) is 46.2. The molecule has 0 radical (unpaired) electrons. The molecule has 0 heterocycles. The summed E-state index contributed by atoms with van der Waals surface area (Å²) in [6.45, 7) is -0.693. The number of hydrogen-bond acceptors (Lipinski definition) is 7. The lowest BCUT2D eigenvalue weighted by Gasteiger charge is -2.23. The molecule has 0 saturated heterocycles. The number of nitrogens with zero attached hydrogens (tertiary/aromatic N) is 1. The summed E-state index contributed by atoms with van der Waals surface area (Å²) < 4.78 is 0. The van der Waals surface area contributed by atoms with E-state index >= 15 is 0 Å². The summed E-state index contributed by atoms with van der Waals surface area (Å²) >= 11 is 0. The van der Waals surface area contributed by atoms with Crippen molar-refractivity contribution < 1.29 is 25.6 Å². The summed E-state index contributed by atoms with van der Waals surface area (Å²) in [6.07, 6.45) is -3.76. The van der Waals surface area contributed by atoms with E-state index < -0.39 is 31.0 Å². The van der Waals surface area contributed by atoms with Crippen molar-refractivity contribution >= 4 is 18.6 Å². The van der Waals surface area contributed by atoms with E-state index in [1.54, 1.807) is 0 Å². The van der Waals surface area contributed by atoms with E-state index in [-0.39, 0.29) is 12.4 Å². The first kappa shape index (κ1) is 16.0. The van der Waals surface area contributed by atoms with E-state index in [9.17, 15) is 5.11 Å². The molecule has 0 aliphatic heterocycles. The second-order valence-corrected chi connectivity index (χ2v) is 2.57. The van der Waals surface area contributed by atoms with E-state index in [1.807, 2.05) is 0 Å². The molecule has 0 fully saturated rings. The Labute approximate surface area is 86.9 Å². The molecular weight excluding hydrogens is 216 g/mol. The van der Waals surface area contributed by atoms with Gasteiger partial charge in [-0.3, -0.25) is 0 Å². The smallest absolute Gasteiger partial charge is 0.110 e. The van der Waals surface area contributed by atoms with Crippen LogP contribution in [-0.2, 0) is 0 Å². The Bertz CT molecular complexity index is 170. The van der Waals surface area contributed by atoms with Crippen molar-refractivity contribution in [2.45, 2.75) is 24.4 Å². The van der Waals surface area contributed by atoms with E-state index in [1.165, 1.54) is 0 Å². The Balaban J connectivity index is 0. The molecule has 7 N–H and O–H groups in total. The molecule has 0 saturated carbocycles. The van der Waals surface area contributed by atoms with Gasteiger partial charge in [0.1, 0.15) is 18.3 Å². The molecule has 8 heteroatoms. The summed E-state index contributed by atoms with van der Waals surface area (Å²) in [5.74, 6) is 0. The molecule has 0 aliphatic rings. The van der Waals surface area contributed by atoms with Crippen molar-refractivity contribution in [3.63, 3.8) is 0 Å². The Morgan fingerprint density at radius 1 is 1.21 bits per heavy atom. The maximum absolute atomic E-state index is 9.17. The van der Waals surface area contributed by atoms with Gasteiger partial charge < -0.3 is 31.4 Å². The highest BCUT2D eigenvalue weighted by Gasteiger charge is 2.28. The fourth-order valence-corrected chi connectivity index (χ4v) is 0.728. The fraction of sp³-hybridized carbons (Fsp3) is 0.833. The van der Waals surface area contributed by atoms with Crippen molar-refractivity contribution in [3.8, 4) is 0 Å². The highest BCUT2D eigenvalue weighted by atomic mass is 35.5. The lowest BCUT2D eigenvalue weighted by molar-refractivity contribution is -0.0772. The molecule has 0 spiro atoms. The van der Waals surface area contributed by atoms with Crippen molar-refractivity contribution in [1.82, 2.24) is 0 Å². The second-order valence-electron chi connectivity index (χ2n) is 2.57. The van der Waals surface area contributed by atoms with Crippen molar-refractivity contribution in [3.05, 3.63) is 0 Å². The van der Waals surface area contributed by atoms with Gasteiger partial charge in [-0.05, 0) is 0 Å². The number of hydrogen-bond donors (Lipinski definition) is 6. The zero-order valence-electron chi connectivity index (χ0n) is 7.26. The zero-order chi connectivity index (χ0) is 10.4. The molecule has 0 unspecified atom stereocenters. The standard InChI is InChI=1S/C6H14N2O5.ClH/c7-3(1-8-13)5(11)6(12)4(10)2-9;/h1,3-6,9-13H,2,7H2;1H/b8-1+;/t3-,4+,5+,6+;/m0./s1. The van der Waals surface area contributed by atoms with E-state index in [0.29, 0.717) is 0 Å². The van der Waals surface area contributed by atoms with Crippen LogP contribution in [0, 0.1) is 0 Å². The number of halogens is 1. The number of aliphatic hydroxyl groups is 4. The predicted octanol–water partition coefficient (Wildman–Crippen LogP) is -2.73. The van der Waals surface area contributed by atoms with E-state index in [0.717, 1.165) is 6.21 Å². The van der Waals surface area contributed by atoms with Crippen LogP contribution < -0.4 is 5.73 Å². The summed E-state index contributed by atoms with van der Waals surface area (Å²) in [7, 11) is 0. The van der Waals surface area contributed by atoms with E-state index in [4.69, 9.17) is 26.3 Å². The Kier molecular flexibility index (Phi) is 9.05. The normalized spacial score (nSPS) is 19.8. The number of oxime groups is 1. The summed E-state index contributed by atoms with van der Waals surface area (Å²) in [4.78, 5) is 0. The highest BCUT2D eigenvalue weighted by Crippen LogP contribution is 2.02. The molecule has 0 rings (SSSR count). The lowest BCUT2D eigenvalue weighted by Crippen LogP contribution is -2.49. The van der Waals surface area contributed by atoms with Crippen LogP contribution in [0.1, 0.15) is 0 Å². The van der Waals surface area contributed by atoms with Gasteiger partial charge in [-0.15, -0.1) is 17.6 Å². The minimum Gasteiger partial charge on any atom is -0.411 e. The number of rotatable bonds is 5.